The van der Waals surface area contributed by atoms with Gasteiger partial charge < -0.3 is 14.8 Å². The maximum Gasteiger partial charge on any atom is 0.224 e. The van der Waals surface area contributed by atoms with Gasteiger partial charge in [0.1, 0.15) is 5.76 Å². The van der Waals surface area contributed by atoms with Gasteiger partial charge in [-0.25, -0.2) is 0 Å². The molecule has 23 heavy (non-hydrogen) atoms. The van der Waals surface area contributed by atoms with Crippen LogP contribution in [0.2, 0.25) is 5.02 Å². The summed E-state index contributed by atoms with van der Waals surface area (Å²) in [5.41, 5.74) is 2.88. The van der Waals surface area contributed by atoms with E-state index in [9.17, 15) is 4.79 Å². The molecule has 1 aliphatic carbocycles. The Morgan fingerprint density at radius 2 is 2.26 bits per heavy atom. The number of hydrogen-bond acceptors (Lipinski definition) is 3. The highest BCUT2D eigenvalue weighted by Crippen LogP contribution is 2.41. The SMILES string of the molecule is O=C(Cc1c[nH]c2cc(Cl)ccc12)NCc1cnoc1C1CC1. The largest absolute Gasteiger partial charge is 0.361 e. The smallest absolute Gasteiger partial charge is 0.224 e. The minimum absolute atomic E-state index is 0.0243. The van der Waals surface area contributed by atoms with Crippen LogP contribution in [0, 0.1) is 0 Å². The Morgan fingerprint density at radius 1 is 1.39 bits per heavy atom. The van der Waals surface area contributed by atoms with Gasteiger partial charge in [0.25, 0.3) is 0 Å². The van der Waals surface area contributed by atoms with Crippen LogP contribution >= 0.6 is 11.6 Å². The molecule has 0 radical (unpaired) electrons. The number of nitrogens with one attached hydrogen (secondary N) is 2. The predicted octanol–water partition coefficient (Wildman–Crippen LogP) is 3.55. The number of hydrogen-bond donors (Lipinski definition) is 2. The molecule has 1 amide bonds. The van der Waals surface area contributed by atoms with Gasteiger partial charge in [0.2, 0.25) is 5.91 Å². The second kappa shape index (κ2) is 5.74. The number of nitrogens with zero attached hydrogens (tertiary/aromatic N) is 1. The fourth-order valence-electron chi connectivity index (χ4n) is 2.82. The molecule has 1 aromatic carbocycles. The van der Waals surface area contributed by atoms with E-state index in [0.717, 1.165) is 40.6 Å². The van der Waals surface area contributed by atoms with Crippen molar-refractivity contribution in [2.75, 3.05) is 0 Å². The molecule has 1 fully saturated rings. The topological polar surface area (TPSA) is 70.9 Å². The van der Waals surface area contributed by atoms with Gasteiger partial charge in [-0.2, -0.15) is 0 Å². The van der Waals surface area contributed by atoms with Crippen molar-refractivity contribution < 1.29 is 9.32 Å². The molecule has 5 nitrogen and oxygen atoms in total. The Kier molecular flexibility index (Phi) is 3.58. The van der Waals surface area contributed by atoms with Crippen LogP contribution in [0.4, 0.5) is 0 Å². The number of carbonyl (C=O) groups is 1. The van der Waals surface area contributed by atoms with Crippen LogP contribution < -0.4 is 5.32 Å². The van der Waals surface area contributed by atoms with Crippen molar-refractivity contribution in [3.63, 3.8) is 0 Å². The van der Waals surface area contributed by atoms with Crippen LogP contribution in [0.1, 0.15) is 35.6 Å². The van der Waals surface area contributed by atoms with E-state index < -0.39 is 0 Å². The lowest BCUT2D eigenvalue weighted by atomic mass is 10.1. The number of H-pyrrole nitrogens is 1. The number of aromatic nitrogens is 2. The minimum atomic E-state index is -0.0243. The van der Waals surface area contributed by atoms with Gasteiger partial charge in [-0.15, -0.1) is 0 Å². The second-order valence-electron chi connectivity index (χ2n) is 5.95. The highest BCUT2D eigenvalue weighted by atomic mass is 35.5. The number of halogens is 1. The molecule has 6 heteroatoms. The first-order valence-electron chi connectivity index (χ1n) is 7.66. The molecule has 3 aromatic rings. The first-order valence-corrected chi connectivity index (χ1v) is 8.04. The number of rotatable bonds is 5. The number of amides is 1. The van der Waals surface area contributed by atoms with E-state index in [2.05, 4.69) is 15.5 Å². The van der Waals surface area contributed by atoms with E-state index in [-0.39, 0.29) is 5.91 Å². The maximum atomic E-state index is 12.2. The predicted molar refractivity (Wildman–Crippen MR) is 87.3 cm³/mol. The van der Waals surface area contributed by atoms with Crippen LogP contribution in [-0.2, 0) is 17.8 Å². The molecule has 0 atom stereocenters. The molecule has 2 N–H and O–H groups in total. The molecule has 1 aliphatic rings. The third-order valence-electron chi connectivity index (χ3n) is 4.18. The molecule has 118 valence electrons. The molecule has 1 saturated carbocycles. The zero-order chi connectivity index (χ0) is 15.8. The van der Waals surface area contributed by atoms with Gasteiger partial charge in [-0.1, -0.05) is 22.8 Å². The zero-order valence-corrected chi connectivity index (χ0v) is 13.2. The van der Waals surface area contributed by atoms with Gasteiger partial charge in [0, 0.05) is 40.1 Å². The van der Waals surface area contributed by atoms with Crippen molar-refractivity contribution in [2.24, 2.45) is 0 Å². The number of aromatic amines is 1. The lowest BCUT2D eigenvalue weighted by molar-refractivity contribution is -0.120. The summed E-state index contributed by atoms with van der Waals surface area (Å²) in [6, 6.07) is 5.62. The maximum absolute atomic E-state index is 12.2. The molecule has 0 saturated heterocycles. The highest BCUT2D eigenvalue weighted by Gasteiger charge is 2.30. The normalized spacial score (nSPS) is 14.3. The number of benzene rings is 1. The Hall–Kier alpha value is -2.27. The van der Waals surface area contributed by atoms with Gasteiger partial charge in [-0.3, -0.25) is 4.79 Å². The molecule has 0 aliphatic heterocycles. The van der Waals surface area contributed by atoms with Crippen molar-refractivity contribution in [3.05, 3.63) is 52.5 Å². The van der Waals surface area contributed by atoms with E-state index in [4.69, 9.17) is 16.1 Å². The molecular weight excluding hydrogens is 314 g/mol. The summed E-state index contributed by atoms with van der Waals surface area (Å²) in [4.78, 5) is 15.4. The second-order valence-corrected chi connectivity index (χ2v) is 6.38. The highest BCUT2D eigenvalue weighted by molar-refractivity contribution is 6.31. The molecule has 0 spiro atoms. The zero-order valence-electron chi connectivity index (χ0n) is 12.4. The molecule has 4 rings (SSSR count). The third kappa shape index (κ3) is 2.97. The Bertz CT molecular complexity index is 864. The standard InChI is InChI=1S/C17H16ClN3O2/c18-13-3-4-14-11(7-19-15(14)6-13)5-16(22)20-8-12-9-21-23-17(12)10-1-2-10/h3-4,6-7,9-10,19H,1-2,5,8H2,(H,20,22). The first-order chi connectivity index (χ1) is 11.2. The van der Waals surface area contributed by atoms with Crippen molar-refractivity contribution in [1.82, 2.24) is 15.5 Å². The monoisotopic (exact) mass is 329 g/mol. The number of carbonyl (C=O) groups excluding carboxylic acids is 1. The quantitative estimate of drug-likeness (QED) is 0.752. The number of fused-ring (bicyclic) bond motifs is 1. The van der Waals surface area contributed by atoms with E-state index in [1.807, 2.05) is 24.4 Å². The van der Waals surface area contributed by atoms with Crippen molar-refractivity contribution in [1.29, 1.82) is 0 Å². The summed E-state index contributed by atoms with van der Waals surface area (Å²) in [6.45, 7) is 0.461. The van der Waals surface area contributed by atoms with Gasteiger partial charge >= 0.3 is 0 Å². The van der Waals surface area contributed by atoms with E-state index >= 15 is 0 Å². The summed E-state index contributed by atoms with van der Waals surface area (Å²) in [7, 11) is 0. The van der Waals surface area contributed by atoms with E-state index in [1.54, 1.807) is 6.20 Å². The lowest BCUT2D eigenvalue weighted by Crippen LogP contribution is -2.24. The molecule has 0 unspecified atom stereocenters. The van der Waals surface area contributed by atoms with Crippen molar-refractivity contribution in [2.45, 2.75) is 31.7 Å². The Morgan fingerprint density at radius 3 is 3.09 bits per heavy atom. The lowest BCUT2D eigenvalue weighted by Gasteiger charge is -2.04. The Balaban J connectivity index is 1.42. The summed E-state index contributed by atoms with van der Waals surface area (Å²) in [5, 5.41) is 8.48. The van der Waals surface area contributed by atoms with Crippen LogP contribution in [0.15, 0.2) is 35.1 Å². The van der Waals surface area contributed by atoms with Gasteiger partial charge in [-0.05, 0) is 30.5 Å². The van der Waals surface area contributed by atoms with Crippen LogP contribution in [0.3, 0.4) is 0 Å². The van der Waals surface area contributed by atoms with Crippen molar-refractivity contribution in [3.8, 4) is 0 Å². The van der Waals surface area contributed by atoms with Crippen LogP contribution in [-0.4, -0.2) is 16.0 Å². The fourth-order valence-corrected chi connectivity index (χ4v) is 2.99. The van der Waals surface area contributed by atoms with Crippen LogP contribution in [0.25, 0.3) is 10.9 Å². The molecular formula is C17H16ClN3O2. The summed E-state index contributed by atoms with van der Waals surface area (Å²) < 4.78 is 5.28. The van der Waals surface area contributed by atoms with Gasteiger partial charge in [0.15, 0.2) is 0 Å². The molecule has 2 aromatic heterocycles. The fraction of sp³-hybridized carbons (Fsp3) is 0.294. The first kappa shape index (κ1) is 14.3. The summed E-state index contributed by atoms with van der Waals surface area (Å²) >= 11 is 5.97. The average Bonchev–Trinajstić information content (AvgIpc) is 3.15. The van der Waals surface area contributed by atoms with Crippen molar-refractivity contribution >= 4 is 28.4 Å². The summed E-state index contributed by atoms with van der Waals surface area (Å²) in [6.07, 6.45) is 6.17. The van der Waals surface area contributed by atoms with E-state index in [1.165, 1.54) is 0 Å². The third-order valence-corrected chi connectivity index (χ3v) is 4.42. The molecule has 0 bridgehead atoms. The average molecular weight is 330 g/mol. The molecule has 2 heterocycles. The van der Waals surface area contributed by atoms with Gasteiger partial charge in [0.05, 0.1) is 12.6 Å². The Labute approximate surface area is 138 Å². The minimum Gasteiger partial charge on any atom is -0.361 e. The van der Waals surface area contributed by atoms with E-state index in [0.29, 0.717) is 23.9 Å². The summed E-state index contributed by atoms with van der Waals surface area (Å²) in [5.74, 6) is 1.39. The van der Waals surface area contributed by atoms with Crippen LogP contribution in [0.5, 0.6) is 0 Å².